The molecule has 2 aromatic carbocycles. The van der Waals surface area contributed by atoms with Gasteiger partial charge in [0, 0.05) is 11.8 Å². The molecule has 0 saturated heterocycles. The molecule has 0 bridgehead atoms. The third kappa shape index (κ3) is 5.17. The van der Waals surface area contributed by atoms with E-state index in [0.717, 1.165) is 27.8 Å². The molecule has 186 valence electrons. The molecule has 36 heavy (non-hydrogen) atoms. The van der Waals surface area contributed by atoms with Crippen LogP contribution < -0.4 is 10.3 Å². The van der Waals surface area contributed by atoms with Crippen LogP contribution in [0.25, 0.3) is 16.9 Å². The molecule has 2 aromatic heterocycles. The van der Waals surface area contributed by atoms with Crippen molar-refractivity contribution in [3.63, 3.8) is 0 Å². The van der Waals surface area contributed by atoms with E-state index in [0.29, 0.717) is 23.0 Å². The second-order valence-corrected chi connectivity index (χ2v) is 9.86. The Balaban J connectivity index is 1.75. The van der Waals surface area contributed by atoms with Gasteiger partial charge in [0.2, 0.25) is 5.88 Å². The number of aromatic nitrogens is 4. The Kier molecular flexibility index (Phi) is 6.98. The number of hydrogen-bond donors (Lipinski definition) is 1. The van der Waals surface area contributed by atoms with Gasteiger partial charge in [0.25, 0.3) is 5.56 Å². The van der Waals surface area contributed by atoms with Crippen LogP contribution in [0, 0.1) is 27.7 Å². The molecule has 7 nitrogen and oxygen atoms in total. The third-order valence-corrected chi connectivity index (χ3v) is 6.19. The minimum Gasteiger partial charge on any atom is -0.472 e. The van der Waals surface area contributed by atoms with E-state index in [1.165, 1.54) is 4.57 Å². The predicted molar refractivity (Wildman–Crippen MR) is 141 cm³/mol. The quantitative estimate of drug-likeness (QED) is 0.379. The molecule has 8 heteroatoms. The van der Waals surface area contributed by atoms with Crippen molar-refractivity contribution in [2.24, 2.45) is 0 Å². The lowest BCUT2D eigenvalue weighted by Gasteiger charge is -2.18. The van der Waals surface area contributed by atoms with E-state index in [1.807, 2.05) is 63.2 Å². The van der Waals surface area contributed by atoms with Gasteiger partial charge in [-0.1, -0.05) is 53.6 Å². The normalized spacial score (nSPS) is 11.6. The van der Waals surface area contributed by atoms with Gasteiger partial charge >= 0.3 is 0 Å². The van der Waals surface area contributed by atoms with E-state index in [1.54, 1.807) is 27.0 Å². The first-order chi connectivity index (χ1) is 17.0. The Hall–Kier alpha value is -3.55. The Morgan fingerprint density at radius 3 is 2.47 bits per heavy atom. The zero-order valence-electron chi connectivity index (χ0n) is 21.3. The molecule has 1 N–H and O–H groups in total. The molecule has 0 atom stereocenters. The summed E-state index contributed by atoms with van der Waals surface area (Å²) in [7, 11) is 0. The Morgan fingerprint density at radius 1 is 1.03 bits per heavy atom. The number of nitrogens with zero attached hydrogens (tertiary/aromatic N) is 4. The summed E-state index contributed by atoms with van der Waals surface area (Å²) < 4.78 is 7.30. The molecule has 4 aromatic rings. The minimum atomic E-state index is -1.19. The maximum Gasteiger partial charge on any atom is 0.280 e. The SMILES string of the molecule is Cc1cccc(COc2nc(C)n(-c3cc(-c4nc(C(C)(C)O)ncc4C)ccc3C)c(=O)c2Cl)c1. The lowest BCUT2D eigenvalue weighted by Crippen LogP contribution is -2.24. The number of rotatable bonds is 6. The van der Waals surface area contributed by atoms with E-state index < -0.39 is 11.2 Å². The van der Waals surface area contributed by atoms with Crippen molar-refractivity contribution in [2.45, 2.75) is 53.8 Å². The largest absolute Gasteiger partial charge is 0.472 e. The molecule has 0 aliphatic heterocycles. The van der Waals surface area contributed by atoms with Crippen LogP contribution in [-0.2, 0) is 12.2 Å². The zero-order valence-corrected chi connectivity index (χ0v) is 22.0. The van der Waals surface area contributed by atoms with Crippen LogP contribution >= 0.6 is 11.6 Å². The van der Waals surface area contributed by atoms with Crippen molar-refractivity contribution in [3.05, 3.63) is 97.9 Å². The van der Waals surface area contributed by atoms with Crippen LogP contribution in [-0.4, -0.2) is 24.6 Å². The van der Waals surface area contributed by atoms with Gasteiger partial charge in [0.1, 0.15) is 18.0 Å². The van der Waals surface area contributed by atoms with E-state index in [4.69, 9.17) is 16.3 Å². The average Bonchev–Trinajstić information content (AvgIpc) is 2.81. The van der Waals surface area contributed by atoms with Gasteiger partial charge in [0.15, 0.2) is 10.8 Å². The second kappa shape index (κ2) is 9.84. The van der Waals surface area contributed by atoms with E-state index in [9.17, 15) is 9.90 Å². The molecule has 0 radical (unpaired) electrons. The number of aliphatic hydroxyl groups is 1. The third-order valence-electron chi connectivity index (χ3n) is 5.87. The second-order valence-electron chi connectivity index (χ2n) is 9.48. The molecule has 2 heterocycles. The maximum atomic E-state index is 13.4. The fourth-order valence-corrected chi connectivity index (χ4v) is 4.12. The highest BCUT2D eigenvalue weighted by molar-refractivity contribution is 6.31. The Morgan fingerprint density at radius 2 is 1.78 bits per heavy atom. The summed E-state index contributed by atoms with van der Waals surface area (Å²) in [4.78, 5) is 26.8. The molecular formula is C28H29ClN4O3. The van der Waals surface area contributed by atoms with Gasteiger partial charge in [-0.3, -0.25) is 9.36 Å². The van der Waals surface area contributed by atoms with Gasteiger partial charge < -0.3 is 9.84 Å². The lowest BCUT2D eigenvalue weighted by molar-refractivity contribution is 0.0688. The maximum absolute atomic E-state index is 13.4. The zero-order chi connectivity index (χ0) is 26.2. The number of halogens is 1. The molecule has 0 spiro atoms. The molecule has 0 aliphatic rings. The Bertz CT molecular complexity index is 1510. The minimum absolute atomic E-state index is 0.0828. The van der Waals surface area contributed by atoms with Gasteiger partial charge in [-0.2, -0.15) is 4.98 Å². The van der Waals surface area contributed by atoms with E-state index in [2.05, 4.69) is 15.0 Å². The van der Waals surface area contributed by atoms with Crippen LogP contribution in [0.4, 0.5) is 0 Å². The van der Waals surface area contributed by atoms with Crippen LogP contribution in [0.2, 0.25) is 5.02 Å². The van der Waals surface area contributed by atoms with Gasteiger partial charge in [-0.25, -0.2) is 9.97 Å². The monoisotopic (exact) mass is 504 g/mol. The molecule has 0 amide bonds. The van der Waals surface area contributed by atoms with E-state index in [-0.39, 0.29) is 17.5 Å². The fourth-order valence-electron chi connectivity index (χ4n) is 3.94. The first-order valence-electron chi connectivity index (χ1n) is 11.6. The lowest BCUT2D eigenvalue weighted by atomic mass is 10.0. The first kappa shape index (κ1) is 25.5. The standard InChI is InChI=1S/C28H29ClN4O3/c1-16-8-7-9-20(12-16)15-36-25-23(29)26(34)33(19(4)31-25)22-13-21(11-10-17(22)2)24-18(3)14-30-27(32-24)28(5,6)35/h7-14,35H,15H2,1-6H3. The Labute approximate surface area is 215 Å². The van der Waals surface area contributed by atoms with Crippen LogP contribution in [0.1, 0.15) is 47.8 Å². The number of ether oxygens (including phenoxy) is 1. The summed E-state index contributed by atoms with van der Waals surface area (Å²) in [5, 5.41) is 10.3. The van der Waals surface area contributed by atoms with Crippen LogP contribution in [0.15, 0.2) is 53.5 Å². The molecule has 0 unspecified atom stereocenters. The predicted octanol–water partition coefficient (Wildman–Crippen LogP) is 5.38. The molecule has 0 aliphatic carbocycles. The van der Waals surface area contributed by atoms with Crippen molar-refractivity contribution >= 4 is 11.6 Å². The molecule has 0 saturated carbocycles. The number of aryl methyl sites for hydroxylation is 4. The summed E-state index contributed by atoms with van der Waals surface area (Å²) in [5.74, 6) is 0.867. The van der Waals surface area contributed by atoms with Crippen molar-refractivity contribution in [3.8, 4) is 22.8 Å². The molecule has 4 rings (SSSR count). The number of hydrogen-bond acceptors (Lipinski definition) is 6. The van der Waals surface area contributed by atoms with Crippen LogP contribution in [0.3, 0.4) is 0 Å². The highest BCUT2D eigenvalue weighted by Crippen LogP contribution is 2.28. The van der Waals surface area contributed by atoms with Gasteiger partial charge in [0.05, 0.1) is 11.4 Å². The first-order valence-corrected chi connectivity index (χ1v) is 12.0. The van der Waals surface area contributed by atoms with Crippen LogP contribution in [0.5, 0.6) is 5.88 Å². The van der Waals surface area contributed by atoms with Gasteiger partial charge in [-0.05, 0) is 64.3 Å². The summed E-state index contributed by atoms with van der Waals surface area (Å²) in [6, 6.07) is 13.6. The molecular weight excluding hydrogens is 476 g/mol. The highest BCUT2D eigenvalue weighted by atomic mass is 35.5. The molecule has 0 fully saturated rings. The average molecular weight is 505 g/mol. The number of benzene rings is 2. The van der Waals surface area contributed by atoms with Crippen molar-refractivity contribution in [1.82, 2.24) is 19.5 Å². The highest BCUT2D eigenvalue weighted by Gasteiger charge is 2.22. The summed E-state index contributed by atoms with van der Waals surface area (Å²) in [6.07, 6.45) is 1.69. The van der Waals surface area contributed by atoms with Crippen molar-refractivity contribution < 1.29 is 9.84 Å². The summed E-state index contributed by atoms with van der Waals surface area (Å²) in [6.45, 7) is 11.1. The fraction of sp³-hybridized carbons (Fsp3) is 0.286. The summed E-state index contributed by atoms with van der Waals surface area (Å²) in [5.41, 5.74) is 4.28. The topological polar surface area (TPSA) is 90.1 Å². The van der Waals surface area contributed by atoms with E-state index >= 15 is 0 Å². The van der Waals surface area contributed by atoms with Gasteiger partial charge in [-0.15, -0.1) is 0 Å². The smallest absolute Gasteiger partial charge is 0.280 e. The van der Waals surface area contributed by atoms with Crippen molar-refractivity contribution in [2.75, 3.05) is 0 Å². The summed E-state index contributed by atoms with van der Waals surface area (Å²) >= 11 is 6.45. The van der Waals surface area contributed by atoms with Crippen molar-refractivity contribution in [1.29, 1.82) is 0 Å².